The highest BCUT2D eigenvalue weighted by molar-refractivity contribution is 5.57. The zero-order valence-corrected chi connectivity index (χ0v) is 13.8. The molecule has 0 radical (unpaired) electrons. The highest BCUT2D eigenvalue weighted by Crippen LogP contribution is 2.26. The number of nitrogens with zero attached hydrogens (tertiary/aromatic N) is 3. The molecule has 2 heterocycles. The van der Waals surface area contributed by atoms with Gasteiger partial charge in [-0.2, -0.15) is 0 Å². The Bertz CT molecular complexity index is 438. The molecule has 1 aliphatic heterocycles. The lowest BCUT2D eigenvalue weighted by molar-refractivity contribution is 0.135. The first kappa shape index (κ1) is 16.0. The van der Waals surface area contributed by atoms with E-state index in [1.165, 1.54) is 24.8 Å². The molecule has 5 nitrogen and oxygen atoms in total. The van der Waals surface area contributed by atoms with Crippen LogP contribution < -0.4 is 10.7 Å². The van der Waals surface area contributed by atoms with Crippen LogP contribution in [-0.4, -0.2) is 33.6 Å². The van der Waals surface area contributed by atoms with Crippen molar-refractivity contribution >= 4 is 11.6 Å². The van der Waals surface area contributed by atoms with Crippen LogP contribution in [0.25, 0.3) is 0 Å². The normalized spacial score (nSPS) is 23.0. The van der Waals surface area contributed by atoms with Gasteiger partial charge in [0.1, 0.15) is 18.0 Å². The van der Waals surface area contributed by atoms with E-state index in [4.69, 9.17) is 0 Å². The average molecular weight is 291 g/mol. The molecular formula is C16H29N5. The van der Waals surface area contributed by atoms with Gasteiger partial charge in [0.2, 0.25) is 0 Å². The predicted octanol–water partition coefficient (Wildman–Crippen LogP) is 3.45. The van der Waals surface area contributed by atoms with E-state index in [9.17, 15) is 0 Å². The van der Waals surface area contributed by atoms with E-state index in [0.29, 0.717) is 12.1 Å². The fourth-order valence-electron chi connectivity index (χ4n) is 3.08. The van der Waals surface area contributed by atoms with E-state index < -0.39 is 0 Å². The molecule has 0 amide bonds. The number of piperidine rings is 1. The van der Waals surface area contributed by atoms with Crippen molar-refractivity contribution in [1.82, 2.24) is 15.0 Å². The summed E-state index contributed by atoms with van der Waals surface area (Å²) < 4.78 is 0. The van der Waals surface area contributed by atoms with Crippen molar-refractivity contribution in [3.05, 3.63) is 11.9 Å². The maximum Gasteiger partial charge on any atom is 0.149 e. The van der Waals surface area contributed by atoms with Crippen molar-refractivity contribution in [2.45, 2.75) is 71.9 Å². The Morgan fingerprint density at radius 1 is 1.14 bits per heavy atom. The topological polar surface area (TPSA) is 53.1 Å². The maximum atomic E-state index is 4.50. The summed E-state index contributed by atoms with van der Waals surface area (Å²) in [6.45, 7) is 9.74. The number of nitrogens with one attached hydrogen (secondary N) is 2. The molecule has 21 heavy (non-hydrogen) atoms. The quantitative estimate of drug-likeness (QED) is 0.840. The van der Waals surface area contributed by atoms with Gasteiger partial charge in [0, 0.05) is 24.2 Å². The molecule has 0 saturated carbocycles. The molecule has 2 atom stereocenters. The Morgan fingerprint density at radius 2 is 1.81 bits per heavy atom. The van der Waals surface area contributed by atoms with Gasteiger partial charge in [-0.15, -0.1) is 0 Å². The summed E-state index contributed by atoms with van der Waals surface area (Å²) in [7, 11) is 0. The summed E-state index contributed by atoms with van der Waals surface area (Å²) >= 11 is 0. The standard InChI is InChI=1S/C16H29N5/c1-5-8-14-15(17-6-2)18-11-19-16(14)20-21-12(3)9-7-10-13(21)4/h11-13H,5-10H2,1-4H3,(H2,17,18,19,20). The molecule has 1 saturated heterocycles. The van der Waals surface area contributed by atoms with Crippen LogP contribution in [0.4, 0.5) is 11.6 Å². The fourth-order valence-corrected chi connectivity index (χ4v) is 3.08. The van der Waals surface area contributed by atoms with Gasteiger partial charge >= 0.3 is 0 Å². The Hall–Kier alpha value is -1.36. The van der Waals surface area contributed by atoms with Gasteiger partial charge in [0.05, 0.1) is 0 Å². The molecule has 2 unspecified atom stereocenters. The van der Waals surface area contributed by atoms with Crippen molar-refractivity contribution < 1.29 is 0 Å². The lowest BCUT2D eigenvalue weighted by atomic mass is 10.00. The fraction of sp³-hybridized carbons (Fsp3) is 0.750. The molecular weight excluding hydrogens is 262 g/mol. The molecule has 2 rings (SSSR count). The third-order valence-corrected chi connectivity index (χ3v) is 4.22. The monoisotopic (exact) mass is 291 g/mol. The molecule has 118 valence electrons. The van der Waals surface area contributed by atoms with Crippen molar-refractivity contribution in [3.63, 3.8) is 0 Å². The highest BCUT2D eigenvalue weighted by Gasteiger charge is 2.26. The van der Waals surface area contributed by atoms with E-state index in [0.717, 1.165) is 31.0 Å². The van der Waals surface area contributed by atoms with Gasteiger partial charge in [-0.25, -0.2) is 15.0 Å². The number of anilines is 2. The molecule has 1 aromatic heterocycles. The Balaban J connectivity index is 2.23. The maximum absolute atomic E-state index is 4.50. The summed E-state index contributed by atoms with van der Waals surface area (Å²) in [6, 6.07) is 1.08. The number of hydrazine groups is 1. The number of aromatic nitrogens is 2. The van der Waals surface area contributed by atoms with Crippen LogP contribution in [0, 0.1) is 0 Å². The molecule has 5 heteroatoms. The first-order valence-electron chi connectivity index (χ1n) is 8.30. The lowest BCUT2D eigenvalue weighted by Gasteiger charge is -2.39. The van der Waals surface area contributed by atoms with Crippen LogP contribution >= 0.6 is 0 Å². The Kier molecular flexibility index (Phi) is 5.79. The minimum absolute atomic E-state index is 0.542. The molecule has 0 aromatic carbocycles. The highest BCUT2D eigenvalue weighted by atomic mass is 15.5. The predicted molar refractivity (Wildman–Crippen MR) is 88.4 cm³/mol. The van der Waals surface area contributed by atoms with Crippen molar-refractivity contribution in [2.24, 2.45) is 0 Å². The molecule has 1 aliphatic rings. The van der Waals surface area contributed by atoms with Crippen LogP contribution in [-0.2, 0) is 6.42 Å². The Labute approximate surface area is 128 Å². The average Bonchev–Trinajstić information content (AvgIpc) is 2.46. The van der Waals surface area contributed by atoms with E-state index in [1.807, 2.05) is 0 Å². The summed E-state index contributed by atoms with van der Waals surface area (Å²) in [5, 5.41) is 5.71. The first-order valence-corrected chi connectivity index (χ1v) is 8.30. The van der Waals surface area contributed by atoms with E-state index in [2.05, 4.69) is 53.4 Å². The molecule has 0 aliphatic carbocycles. The van der Waals surface area contributed by atoms with Crippen LogP contribution in [0.2, 0.25) is 0 Å². The minimum atomic E-state index is 0.542. The van der Waals surface area contributed by atoms with Gasteiger partial charge < -0.3 is 10.7 Å². The van der Waals surface area contributed by atoms with E-state index in [-0.39, 0.29) is 0 Å². The second-order valence-electron chi connectivity index (χ2n) is 5.98. The van der Waals surface area contributed by atoms with E-state index >= 15 is 0 Å². The van der Waals surface area contributed by atoms with Gasteiger partial charge in [-0.3, -0.25) is 0 Å². The second-order valence-corrected chi connectivity index (χ2v) is 5.98. The van der Waals surface area contributed by atoms with Crippen LogP contribution in [0.15, 0.2) is 6.33 Å². The van der Waals surface area contributed by atoms with Gasteiger partial charge in [0.25, 0.3) is 0 Å². The molecule has 0 bridgehead atoms. The summed E-state index contributed by atoms with van der Waals surface area (Å²) in [5.41, 5.74) is 4.78. The van der Waals surface area contributed by atoms with Gasteiger partial charge in [0.15, 0.2) is 0 Å². The SMILES string of the molecule is CCCc1c(NCC)ncnc1NN1C(C)CCCC1C. The van der Waals surface area contributed by atoms with Crippen molar-refractivity contribution in [1.29, 1.82) is 0 Å². The first-order chi connectivity index (χ1) is 10.2. The van der Waals surface area contributed by atoms with E-state index in [1.54, 1.807) is 6.33 Å². The van der Waals surface area contributed by atoms with Gasteiger partial charge in [-0.1, -0.05) is 19.8 Å². The number of hydrogen-bond donors (Lipinski definition) is 2. The summed E-state index contributed by atoms with van der Waals surface area (Å²) in [4.78, 5) is 8.90. The minimum Gasteiger partial charge on any atom is -0.370 e. The van der Waals surface area contributed by atoms with Crippen molar-refractivity contribution in [2.75, 3.05) is 17.3 Å². The summed E-state index contributed by atoms with van der Waals surface area (Å²) in [5.74, 6) is 1.93. The van der Waals surface area contributed by atoms with Crippen molar-refractivity contribution in [3.8, 4) is 0 Å². The number of rotatable bonds is 6. The smallest absolute Gasteiger partial charge is 0.149 e. The third-order valence-electron chi connectivity index (χ3n) is 4.22. The largest absolute Gasteiger partial charge is 0.370 e. The summed E-state index contributed by atoms with van der Waals surface area (Å²) in [6.07, 6.45) is 7.53. The number of hydrogen-bond acceptors (Lipinski definition) is 5. The Morgan fingerprint density at radius 3 is 2.43 bits per heavy atom. The van der Waals surface area contributed by atoms with Crippen LogP contribution in [0.5, 0.6) is 0 Å². The third kappa shape index (κ3) is 3.84. The lowest BCUT2D eigenvalue weighted by Crippen LogP contribution is -2.47. The molecule has 1 aromatic rings. The van der Waals surface area contributed by atoms with Crippen LogP contribution in [0.3, 0.4) is 0 Å². The van der Waals surface area contributed by atoms with Gasteiger partial charge in [-0.05, 0) is 40.0 Å². The van der Waals surface area contributed by atoms with Crippen LogP contribution in [0.1, 0.15) is 58.9 Å². The zero-order chi connectivity index (χ0) is 15.2. The molecule has 0 spiro atoms. The second kappa shape index (κ2) is 7.59. The zero-order valence-electron chi connectivity index (χ0n) is 13.8. The molecule has 1 fully saturated rings. The molecule has 2 N–H and O–H groups in total.